The third kappa shape index (κ3) is 4.38. The average Bonchev–Trinajstić information content (AvgIpc) is 2.63. The van der Waals surface area contributed by atoms with Crippen LogP contribution in [0, 0.1) is 11.6 Å². The summed E-state index contributed by atoms with van der Waals surface area (Å²) in [6, 6.07) is 2.38. The van der Waals surface area contributed by atoms with Gasteiger partial charge in [-0.25, -0.2) is 22.2 Å². The van der Waals surface area contributed by atoms with Crippen LogP contribution >= 0.6 is 0 Å². The van der Waals surface area contributed by atoms with E-state index in [0.717, 1.165) is 16.6 Å². The van der Waals surface area contributed by atoms with E-state index < -0.39 is 50.5 Å². The molecule has 1 aliphatic rings. The summed E-state index contributed by atoms with van der Waals surface area (Å²) in [5.74, 6) is -2.48. The normalized spacial score (nSPS) is 18.8. The summed E-state index contributed by atoms with van der Waals surface area (Å²) in [6.45, 7) is -0.0917. The van der Waals surface area contributed by atoms with Crippen molar-refractivity contribution in [1.82, 2.24) is 14.3 Å². The van der Waals surface area contributed by atoms with Crippen LogP contribution in [-0.2, 0) is 16.2 Å². The van der Waals surface area contributed by atoms with Crippen molar-refractivity contribution in [2.45, 2.75) is 30.0 Å². The summed E-state index contributed by atoms with van der Waals surface area (Å²) in [5, 5.41) is 0. The maximum atomic E-state index is 13.4. The maximum absolute atomic E-state index is 13.4. The molecule has 2 heterocycles. The first kappa shape index (κ1) is 20.4. The molecule has 1 fully saturated rings. The molecule has 2 aromatic rings. The van der Waals surface area contributed by atoms with Gasteiger partial charge in [-0.2, -0.15) is 22.5 Å². The first-order chi connectivity index (χ1) is 13.1. The van der Waals surface area contributed by atoms with E-state index in [1.165, 1.54) is 0 Å². The molecule has 152 valence electrons. The molecule has 6 nitrogen and oxygen atoms in total. The van der Waals surface area contributed by atoms with Crippen molar-refractivity contribution >= 4 is 10.0 Å². The smallest absolute Gasteiger partial charge is 0.433 e. The summed E-state index contributed by atoms with van der Waals surface area (Å²) >= 11 is 0. The second kappa shape index (κ2) is 7.59. The van der Waals surface area contributed by atoms with Crippen LogP contribution in [0.1, 0.15) is 18.5 Å². The molecule has 1 atom stereocenters. The minimum Gasteiger partial charge on any atom is -0.459 e. The van der Waals surface area contributed by atoms with E-state index in [1.807, 2.05) is 0 Å². The molecular weight excluding hydrogens is 409 g/mol. The Morgan fingerprint density at radius 1 is 1.14 bits per heavy atom. The van der Waals surface area contributed by atoms with Crippen molar-refractivity contribution in [3.05, 3.63) is 47.8 Å². The van der Waals surface area contributed by atoms with E-state index in [1.54, 1.807) is 0 Å². The van der Waals surface area contributed by atoms with Gasteiger partial charge < -0.3 is 4.74 Å². The molecule has 0 bridgehead atoms. The number of alkyl halides is 3. The highest BCUT2D eigenvalue weighted by Crippen LogP contribution is 2.29. The second-order valence-corrected chi connectivity index (χ2v) is 7.98. The van der Waals surface area contributed by atoms with Gasteiger partial charge in [0.2, 0.25) is 10.0 Å². The summed E-state index contributed by atoms with van der Waals surface area (Å²) in [5.41, 5.74) is -1.18. The lowest BCUT2D eigenvalue weighted by atomic mass is 10.1. The third-order valence-corrected chi connectivity index (χ3v) is 5.93. The Morgan fingerprint density at radius 3 is 2.57 bits per heavy atom. The number of aromatic nitrogens is 2. The van der Waals surface area contributed by atoms with E-state index in [0.29, 0.717) is 31.0 Å². The van der Waals surface area contributed by atoms with E-state index in [2.05, 4.69) is 9.97 Å². The van der Waals surface area contributed by atoms with Crippen LogP contribution in [-0.4, -0.2) is 41.9 Å². The van der Waals surface area contributed by atoms with Crippen molar-refractivity contribution in [1.29, 1.82) is 0 Å². The fraction of sp³-hybridized carbons (Fsp3) is 0.375. The number of nitrogens with zero attached hydrogens (tertiary/aromatic N) is 3. The monoisotopic (exact) mass is 423 g/mol. The number of sulfonamides is 1. The lowest BCUT2D eigenvalue weighted by molar-refractivity contribution is -0.141. The molecule has 1 saturated heterocycles. The Balaban J connectivity index is 1.76. The summed E-state index contributed by atoms with van der Waals surface area (Å²) in [7, 11) is -4.13. The number of benzene rings is 1. The van der Waals surface area contributed by atoms with Gasteiger partial charge in [-0.05, 0) is 37.1 Å². The van der Waals surface area contributed by atoms with E-state index in [4.69, 9.17) is 4.74 Å². The Kier molecular flexibility index (Phi) is 5.53. The van der Waals surface area contributed by atoms with Gasteiger partial charge in [0.25, 0.3) is 0 Å². The number of ether oxygens (including phenoxy) is 1. The third-order valence-electron chi connectivity index (χ3n) is 4.07. The zero-order valence-corrected chi connectivity index (χ0v) is 15.0. The zero-order chi connectivity index (χ0) is 20.5. The fourth-order valence-electron chi connectivity index (χ4n) is 2.71. The first-order valence-corrected chi connectivity index (χ1v) is 9.53. The number of rotatable bonds is 4. The SMILES string of the molecule is O=S(=O)(c1ccc(F)c(F)c1)N1CCCC(Oc2nccc(C(F)(F)F)n2)C1. The van der Waals surface area contributed by atoms with Crippen LogP contribution in [0.5, 0.6) is 6.01 Å². The maximum Gasteiger partial charge on any atom is 0.433 e. The van der Waals surface area contributed by atoms with E-state index >= 15 is 0 Å². The Bertz CT molecular complexity index is 968. The molecule has 0 aliphatic carbocycles. The molecule has 1 aromatic carbocycles. The highest BCUT2D eigenvalue weighted by atomic mass is 32.2. The number of piperidine rings is 1. The average molecular weight is 423 g/mol. The van der Waals surface area contributed by atoms with Crippen LogP contribution in [0.25, 0.3) is 0 Å². The molecule has 28 heavy (non-hydrogen) atoms. The standard InChI is InChI=1S/C16H14F5N3O3S/c17-12-4-3-11(8-13(12)18)28(25,26)24-7-1-2-10(9-24)27-15-22-6-5-14(23-15)16(19,20)21/h3-6,8,10H,1-2,7,9H2. The van der Waals surface area contributed by atoms with E-state index in [-0.39, 0.29) is 13.1 Å². The van der Waals surface area contributed by atoms with Crippen LogP contribution < -0.4 is 4.74 Å². The quantitative estimate of drug-likeness (QED) is 0.707. The molecule has 1 unspecified atom stereocenters. The van der Waals surface area contributed by atoms with Crippen molar-refractivity contribution in [2.75, 3.05) is 13.1 Å². The highest BCUT2D eigenvalue weighted by molar-refractivity contribution is 7.89. The predicted molar refractivity (Wildman–Crippen MR) is 85.8 cm³/mol. The topological polar surface area (TPSA) is 72.4 Å². The van der Waals surface area contributed by atoms with Crippen molar-refractivity contribution in [3.63, 3.8) is 0 Å². The molecule has 12 heteroatoms. The van der Waals surface area contributed by atoms with Crippen LogP contribution in [0.15, 0.2) is 35.4 Å². The van der Waals surface area contributed by atoms with Crippen LogP contribution in [0.3, 0.4) is 0 Å². The minimum atomic E-state index is -4.67. The largest absolute Gasteiger partial charge is 0.459 e. The molecule has 1 aromatic heterocycles. The molecule has 1 aliphatic heterocycles. The van der Waals surface area contributed by atoms with Crippen LogP contribution in [0.4, 0.5) is 22.0 Å². The molecule has 0 saturated carbocycles. The van der Waals surface area contributed by atoms with Crippen molar-refractivity contribution < 1.29 is 35.1 Å². The van der Waals surface area contributed by atoms with Crippen molar-refractivity contribution in [3.8, 4) is 6.01 Å². The summed E-state index contributed by atoms with van der Waals surface area (Å²) < 4.78 is 96.2. The Morgan fingerprint density at radius 2 is 1.89 bits per heavy atom. The van der Waals surface area contributed by atoms with Gasteiger partial charge in [-0.15, -0.1) is 0 Å². The first-order valence-electron chi connectivity index (χ1n) is 8.09. The van der Waals surface area contributed by atoms with Gasteiger partial charge >= 0.3 is 12.2 Å². The summed E-state index contributed by atoms with van der Waals surface area (Å²) in [4.78, 5) is 6.48. The van der Waals surface area contributed by atoms with E-state index in [9.17, 15) is 30.4 Å². The molecule has 0 N–H and O–H groups in total. The van der Waals surface area contributed by atoms with Crippen LogP contribution in [0.2, 0.25) is 0 Å². The Hall–Kier alpha value is -2.34. The molecule has 3 rings (SSSR count). The summed E-state index contributed by atoms with van der Waals surface area (Å²) in [6.07, 6.45) is -3.85. The highest BCUT2D eigenvalue weighted by Gasteiger charge is 2.35. The van der Waals surface area contributed by atoms with Gasteiger partial charge in [0.1, 0.15) is 6.10 Å². The molecule has 0 amide bonds. The number of hydrogen-bond donors (Lipinski definition) is 0. The van der Waals surface area contributed by atoms with Gasteiger partial charge in [0.05, 0.1) is 11.4 Å². The van der Waals surface area contributed by atoms with Gasteiger partial charge in [0.15, 0.2) is 17.3 Å². The van der Waals surface area contributed by atoms with Gasteiger partial charge in [-0.3, -0.25) is 0 Å². The number of hydrogen-bond acceptors (Lipinski definition) is 5. The Labute approximate surface area is 157 Å². The minimum absolute atomic E-state index is 0.102. The molecule has 0 spiro atoms. The van der Waals surface area contributed by atoms with Gasteiger partial charge in [-0.1, -0.05) is 0 Å². The predicted octanol–water partition coefficient (Wildman–Crippen LogP) is 3.01. The zero-order valence-electron chi connectivity index (χ0n) is 14.2. The number of halogens is 5. The van der Waals surface area contributed by atoms with Gasteiger partial charge in [0, 0.05) is 12.7 Å². The molecule has 0 radical (unpaired) electrons. The molecular formula is C16H14F5N3O3S. The fourth-order valence-corrected chi connectivity index (χ4v) is 4.23. The second-order valence-electron chi connectivity index (χ2n) is 6.04. The lowest BCUT2D eigenvalue weighted by Crippen LogP contribution is -2.44. The lowest BCUT2D eigenvalue weighted by Gasteiger charge is -2.31. The van der Waals surface area contributed by atoms with Crippen molar-refractivity contribution in [2.24, 2.45) is 0 Å².